The Hall–Kier alpha value is -3.41. The highest BCUT2D eigenvalue weighted by Gasteiger charge is 2.16. The fourth-order valence-electron chi connectivity index (χ4n) is 2.47. The number of para-hydroxylation sites is 1. The molecule has 2 aromatic heterocycles. The average molecular weight is 306 g/mol. The standard InChI is InChI=1S/C17H10N2O4/c20-11-7-5-10(6-8-11)16(21)19-9-13-15(18-19)12-3-1-2-4-14(12)23-17(13)22/h1-9,20H. The summed E-state index contributed by atoms with van der Waals surface area (Å²) in [4.78, 5) is 24.5. The number of hydrogen-bond acceptors (Lipinski definition) is 5. The van der Waals surface area contributed by atoms with Gasteiger partial charge in [0, 0.05) is 17.1 Å². The van der Waals surface area contributed by atoms with Crippen LogP contribution in [0.5, 0.6) is 5.75 Å². The van der Waals surface area contributed by atoms with Crippen molar-refractivity contribution in [2.45, 2.75) is 0 Å². The molecule has 0 radical (unpaired) electrons. The molecule has 0 spiro atoms. The molecule has 0 atom stereocenters. The van der Waals surface area contributed by atoms with E-state index in [0.717, 1.165) is 4.68 Å². The zero-order chi connectivity index (χ0) is 16.0. The van der Waals surface area contributed by atoms with Gasteiger partial charge in [-0.05, 0) is 36.4 Å². The van der Waals surface area contributed by atoms with Gasteiger partial charge in [-0.2, -0.15) is 5.10 Å². The van der Waals surface area contributed by atoms with Gasteiger partial charge in [-0.1, -0.05) is 12.1 Å². The number of benzene rings is 2. The number of aromatic hydroxyl groups is 1. The van der Waals surface area contributed by atoms with Crippen molar-refractivity contribution in [3.05, 3.63) is 70.7 Å². The van der Waals surface area contributed by atoms with Crippen LogP contribution >= 0.6 is 0 Å². The molecule has 0 amide bonds. The second kappa shape index (κ2) is 4.81. The van der Waals surface area contributed by atoms with E-state index >= 15 is 0 Å². The summed E-state index contributed by atoms with van der Waals surface area (Å²) < 4.78 is 6.35. The SMILES string of the molecule is O=C(c1ccc(O)cc1)n1cc2c(=O)oc3ccccc3c2n1. The summed E-state index contributed by atoms with van der Waals surface area (Å²) in [7, 11) is 0. The third-order valence-corrected chi connectivity index (χ3v) is 3.60. The first-order valence-electron chi connectivity index (χ1n) is 6.88. The van der Waals surface area contributed by atoms with Crippen LogP contribution in [0.25, 0.3) is 21.9 Å². The van der Waals surface area contributed by atoms with Crippen molar-refractivity contribution in [1.82, 2.24) is 9.78 Å². The summed E-state index contributed by atoms with van der Waals surface area (Å²) in [6.45, 7) is 0. The number of hydrogen-bond donors (Lipinski definition) is 1. The highest BCUT2D eigenvalue weighted by atomic mass is 16.4. The molecule has 6 heteroatoms. The Kier molecular flexibility index (Phi) is 2.77. The lowest BCUT2D eigenvalue weighted by Crippen LogP contribution is -2.12. The largest absolute Gasteiger partial charge is 0.508 e. The molecule has 2 heterocycles. The Bertz CT molecular complexity index is 1110. The number of rotatable bonds is 1. The van der Waals surface area contributed by atoms with E-state index < -0.39 is 11.5 Å². The van der Waals surface area contributed by atoms with E-state index in [4.69, 9.17) is 4.42 Å². The maximum absolute atomic E-state index is 12.5. The molecule has 0 aliphatic rings. The van der Waals surface area contributed by atoms with Crippen LogP contribution < -0.4 is 5.63 Å². The van der Waals surface area contributed by atoms with Gasteiger partial charge in [0.05, 0.1) is 0 Å². The van der Waals surface area contributed by atoms with E-state index in [2.05, 4.69) is 5.10 Å². The van der Waals surface area contributed by atoms with Crippen molar-refractivity contribution in [2.75, 3.05) is 0 Å². The lowest BCUT2D eigenvalue weighted by Gasteiger charge is -2.00. The lowest BCUT2D eigenvalue weighted by atomic mass is 10.2. The molecular weight excluding hydrogens is 296 g/mol. The van der Waals surface area contributed by atoms with Gasteiger partial charge in [-0.3, -0.25) is 4.79 Å². The number of carbonyl (C=O) groups is 1. The maximum atomic E-state index is 12.5. The third kappa shape index (κ3) is 2.08. The molecule has 2 aromatic carbocycles. The second-order valence-electron chi connectivity index (χ2n) is 5.07. The van der Waals surface area contributed by atoms with Crippen LogP contribution in [0, 0.1) is 0 Å². The predicted molar refractivity (Wildman–Crippen MR) is 83.6 cm³/mol. The van der Waals surface area contributed by atoms with Crippen LogP contribution in [-0.4, -0.2) is 20.8 Å². The molecule has 0 aliphatic carbocycles. The number of carbonyl (C=O) groups excluding carboxylic acids is 1. The van der Waals surface area contributed by atoms with Crippen LogP contribution in [-0.2, 0) is 0 Å². The number of fused-ring (bicyclic) bond motifs is 3. The number of aromatic nitrogens is 2. The minimum Gasteiger partial charge on any atom is -0.508 e. The third-order valence-electron chi connectivity index (χ3n) is 3.60. The molecule has 4 rings (SSSR count). The zero-order valence-electron chi connectivity index (χ0n) is 11.8. The van der Waals surface area contributed by atoms with Crippen LogP contribution in [0.3, 0.4) is 0 Å². The Morgan fingerprint density at radius 3 is 2.57 bits per heavy atom. The van der Waals surface area contributed by atoms with E-state index in [1.165, 1.54) is 30.5 Å². The maximum Gasteiger partial charge on any atom is 0.347 e. The monoisotopic (exact) mass is 306 g/mol. The quantitative estimate of drug-likeness (QED) is 0.546. The van der Waals surface area contributed by atoms with Crippen molar-refractivity contribution < 1.29 is 14.3 Å². The summed E-state index contributed by atoms with van der Waals surface area (Å²) >= 11 is 0. The van der Waals surface area contributed by atoms with Crippen molar-refractivity contribution >= 4 is 27.8 Å². The van der Waals surface area contributed by atoms with Gasteiger partial charge in [0.25, 0.3) is 5.91 Å². The molecule has 23 heavy (non-hydrogen) atoms. The highest BCUT2D eigenvalue weighted by molar-refractivity contribution is 6.04. The first-order chi connectivity index (χ1) is 11.1. The molecule has 0 bridgehead atoms. The molecule has 0 saturated carbocycles. The van der Waals surface area contributed by atoms with Crippen LogP contribution in [0.2, 0.25) is 0 Å². The van der Waals surface area contributed by atoms with Crippen LogP contribution in [0.4, 0.5) is 0 Å². The van der Waals surface area contributed by atoms with Crippen molar-refractivity contribution in [3.63, 3.8) is 0 Å². The van der Waals surface area contributed by atoms with Gasteiger partial charge in [-0.25, -0.2) is 9.48 Å². The minimum absolute atomic E-state index is 0.0683. The number of nitrogens with zero attached hydrogens (tertiary/aromatic N) is 2. The Labute approximate surface area is 129 Å². The molecule has 6 nitrogen and oxygen atoms in total. The predicted octanol–water partition coefficient (Wildman–Crippen LogP) is 2.54. The van der Waals surface area contributed by atoms with Gasteiger partial charge >= 0.3 is 5.63 Å². The topological polar surface area (TPSA) is 85.3 Å². The van der Waals surface area contributed by atoms with Crippen LogP contribution in [0.15, 0.2) is 63.9 Å². The molecule has 0 aliphatic heterocycles. The summed E-state index contributed by atoms with van der Waals surface area (Å²) in [5, 5.41) is 14.4. The molecule has 4 aromatic rings. The lowest BCUT2D eigenvalue weighted by molar-refractivity contribution is 0.0946. The molecule has 0 saturated heterocycles. The molecule has 0 fully saturated rings. The van der Waals surface area contributed by atoms with Crippen molar-refractivity contribution in [2.24, 2.45) is 0 Å². The fraction of sp³-hybridized carbons (Fsp3) is 0. The smallest absolute Gasteiger partial charge is 0.347 e. The van der Waals surface area contributed by atoms with Gasteiger partial charge in [0.15, 0.2) is 0 Å². The Morgan fingerprint density at radius 1 is 1.04 bits per heavy atom. The highest BCUT2D eigenvalue weighted by Crippen LogP contribution is 2.21. The van der Waals surface area contributed by atoms with Gasteiger partial charge in [0.2, 0.25) is 0 Å². The fourth-order valence-corrected chi connectivity index (χ4v) is 2.47. The summed E-state index contributed by atoms with van der Waals surface area (Å²) in [6.07, 6.45) is 1.36. The van der Waals surface area contributed by atoms with Gasteiger partial charge < -0.3 is 9.52 Å². The van der Waals surface area contributed by atoms with Crippen LogP contribution in [0.1, 0.15) is 10.4 Å². The van der Waals surface area contributed by atoms with Gasteiger partial charge in [-0.15, -0.1) is 0 Å². The zero-order valence-corrected chi connectivity index (χ0v) is 11.8. The van der Waals surface area contributed by atoms with E-state index in [1.54, 1.807) is 18.2 Å². The van der Waals surface area contributed by atoms with Crippen molar-refractivity contribution in [1.29, 1.82) is 0 Å². The van der Waals surface area contributed by atoms with E-state index in [-0.39, 0.29) is 11.1 Å². The minimum atomic E-state index is -0.538. The average Bonchev–Trinajstić information content (AvgIpc) is 3.01. The van der Waals surface area contributed by atoms with E-state index in [0.29, 0.717) is 22.0 Å². The van der Waals surface area contributed by atoms with Gasteiger partial charge in [0.1, 0.15) is 22.2 Å². The van der Waals surface area contributed by atoms with Crippen molar-refractivity contribution in [3.8, 4) is 5.75 Å². The number of phenols is 1. The summed E-state index contributed by atoms with van der Waals surface area (Å²) in [5.41, 5.74) is 0.657. The first-order valence-corrected chi connectivity index (χ1v) is 6.88. The molecular formula is C17H10N2O4. The van der Waals surface area contributed by atoms with E-state index in [1.807, 2.05) is 6.07 Å². The Morgan fingerprint density at radius 2 is 1.78 bits per heavy atom. The van der Waals surface area contributed by atoms with E-state index in [9.17, 15) is 14.7 Å². The normalized spacial score (nSPS) is 11.1. The molecule has 112 valence electrons. The molecule has 1 N–H and O–H groups in total. The second-order valence-corrected chi connectivity index (χ2v) is 5.07. The summed E-state index contributed by atoms with van der Waals surface area (Å²) in [5.74, 6) is -0.330. The Balaban J connectivity index is 1.93. The number of phenolic OH excluding ortho intramolecular Hbond substituents is 1. The molecule has 0 unspecified atom stereocenters. The summed E-state index contributed by atoms with van der Waals surface area (Å²) in [6, 6.07) is 12.8. The first kappa shape index (κ1) is 13.3.